The number of nitrogens with one attached hydrogen (secondary N) is 1. The van der Waals surface area contributed by atoms with E-state index in [4.69, 9.17) is 0 Å². The average Bonchev–Trinajstić information content (AvgIpc) is 2.38. The molecule has 2 aromatic rings. The molecule has 0 fully saturated rings. The zero-order valence-electron chi connectivity index (χ0n) is 12.0. The van der Waals surface area contributed by atoms with Gasteiger partial charge in [0.1, 0.15) is 0 Å². The minimum absolute atomic E-state index is 0.0609. The van der Waals surface area contributed by atoms with Crippen LogP contribution in [0.2, 0.25) is 0 Å². The van der Waals surface area contributed by atoms with Gasteiger partial charge in [-0.1, -0.05) is 55.8 Å². The highest BCUT2D eigenvalue weighted by Crippen LogP contribution is 2.42. The Morgan fingerprint density at radius 3 is 2.65 bits per heavy atom. The van der Waals surface area contributed by atoms with Gasteiger partial charge >= 0.3 is 0 Å². The van der Waals surface area contributed by atoms with E-state index in [1.165, 1.54) is 0 Å². The Morgan fingerprint density at radius 1 is 1.20 bits per heavy atom. The van der Waals surface area contributed by atoms with Gasteiger partial charge in [-0.05, 0) is 29.7 Å². The van der Waals surface area contributed by atoms with Crippen LogP contribution in [0.4, 0.5) is 0 Å². The Kier molecular flexibility index (Phi) is 4.98. The zero-order valence-corrected chi connectivity index (χ0v) is 12.9. The maximum atomic E-state index is 12.4. The van der Waals surface area contributed by atoms with E-state index in [1.807, 2.05) is 49.4 Å². The molecule has 0 aliphatic carbocycles. The van der Waals surface area contributed by atoms with E-state index in [1.54, 1.807) is 0 Å². The number of hydrogen-bond acceptors (Lipinski definition) is 1. The Morgan fingerprint density at radius 2 is 1.90 bits per heavy atom. The molecule has 0 aromatic heterocycles. The molecule has 0 aliphatic rings. The van der Waals surface area contributed by atoms with E-state index in [-0.39, 0.29) is 12.2 Å². The first-order valence-corrected chi connectivity index (χ1v) is 8.92. The summed E-state index contributed by atoms with van der Waals surface area (Å²) in [4.78, 5) is 10.2. The van der Waals surface area contributed by atoms with Gasteiger partial charge in [0.25, 0.3) is 7.52 Å². The first kappa shape index (κ1) is 15.2. The van der Waals surface area contributed by atoms with Crippen LogP contribution >= 0.6 is 7.52 Å². The van der Waals surface area contributed by atoms with Gasteiger partial charge in [-0.3, -0.25) is 4.57 Å². The molecule has 2 rings (SSSR count). The predicted molar refractivity (Wildman–Crippen MR) is 85.0 cm³/mol. The molecule has 108 valence electrons. The van der Waals surface area contributed by atoms with E-state index in [0.29, 0.717) is 0 Å². The largest absolute Gasteiger partial charge is 0.333 e. The second-order valence-electron chi connectivity index (χ2n) is 5.32. The predicted octanol–water partition coefficient (Wildman–Crippen LogP) is 4.30. The van der Waals surface area contributed by atoms with Crippen molar-refractivity contribution in [2.24, 2.45) is 0 Å². The molecule has 2 N–H and O–H groups in total. The second kappa shape index (κ2) is 6.53. The van der Waals surface area contributed by atoms with E-state index >= 15 is 0 Å². The maximum absolute atomic E-state index is 12.4. The van der Waals surface area contributed by atoms with E-state index in [9.17, 15) is 9.46 Å². The summed E-state index contributed by atoms with van der Waals surface area (Å²) in [5, 5.41) is 5.03. The normalized spacial score (nSPS) is 15.9. The van der Waals surface area contributed by atoms with Gasteiger partial charge in [0, 0.05) is 6.04 Å². The van der Waals surface area contributed by atoms with Crippen LogP contribution in [0.3, 0.4) is 0 Å². The third kappa shape index (κ3) is 3.92. The van der Waals surface area contributed by atoms with Crippen LogP contribution in [0.15, 0.2) is 42.5 Å². The minimum Gasteiger partial charge on any atom is -0.333 e. The summed E-state index contributed by atoms with van der Waals surface area (Å²) >= 11 is 0. The van der Waals surface area contributed by atoms with Crippen LogP contribution in [0.5, 0.6) is 0 Å². The fraction of sp³-hybridized carbons (Fsp3) is 0.375. The third-order valence-electron chi connectivity index (χ3n) is 3.41. The van der Waals surface area contributed by atoms with Gasteiger partial charge in [0.15, 0.2) is 0 Å². The molecule has 4 heteroatoms. The Labute approximate surface area is 120 Å². The number of benzene rings is 2. The van der Waals surface area contributed by atoms with Crippen molar-refractivity contribution in [2.75, 3.05) is 0 Å². The van der Waals surface area contributed by atoms with Crippen LogP contribution in [0.25, 0.3) is 10.8 Å². The Balaban J connectivity index is 2.21. The molecular weight excluding hydrogens is 269 g/mol. The molecular formula is C16H22NO2P. The summed E-state index contributed by atoms with van der Waals surface area (Å²) in [6, 6.07) is 13.9. The van der Waals surface area contributed by atoms with Gasteiger partial charge < -0.3 is 4.89 Å². The topological polar surface area (TPSA) is 49.3 Å². The highest BCUT2D eigenvalue weighted by atomic mass is 31.2. The molecule has 0 saturated heterocycles. The third-order valence-corrected chi connectivity index (χ3v) is 5.02. The van der Waals surface area contributed by atoms with Crippen molar-refractivity contribution in [2.45, 2.75) is 38.9 Å². The molecule has 3 nitrogen and oxygen atoms in total. The van der Waals surface area contributed by atoms with Gasteiger partial charge in [-0.15, -0.1) is 0 Å². The van der Waals surface area contributed by atoms with Crippen molar-refractivity contribution in [3.8, 4) is 0 Å². The molecule has 2 aromatic carbocycles. The van der Waals surface area contributed by atoms with Gasteiger partial charge in [-0.2, -0.15) is 0 Å². The fourth-order valence-corrected chi connectivity index (χ4v) is 4.20. The molecule has 0 radical (unpaired) electrons. The SMILES string of the molecule is CCCC(C)NP(=O)(O)Cc1cccc2ccccc12. The summed E-state index contributed by atoms with van der Waals surface area (Å²) in [7, 11) is -3.35. The molecule has 2 unspecified atom stereocenters. The molecule has 0 saturated carbocycles. The van der Waals surface area contributed by atoms with Crippen LogP contribution in [0, 0.1) is 0 Å². The minimum atomic E-state index is -3.35. The maximum Gasteiger partial charge on any atom is 0.271 e. The van der Waals surface area contributed by atoms with E-state index in [2.05, 4.69) is 12.0 Å². The Bertz CT molecular complexity index is 621. The van der Waals surface area contributed by atoms with Crippen LogP contribution < -0.4 is 5.09 Å². The summed E-state index contributed by atoms with van der Waals surface area (Å²) in [6.45, 7) is 4.03. The lowest BCUT2D eigenvalue weighted by molar-refractivity contribution is 0.444. The quantitative estimate of drug-likeness (QED) is 0.780. The van der Waals surface area contributed by atoms with Crippen LogP contribution in [-0.2, 0) is 10.7 Å². The summed E-state index contributed by atoms with van der Waals surface area (Å²) < 4.78 is 12.4. The first-order chi connectivity index (χ1) is 9.52. The zero-order chi connectivity index (χ0) is 14.6. The first-order valence-electron chi connectivity index (χ1n) is 7.08. The standard InChI is InChI=1S/C16H22NO2P/c1-3-7-13(2)17-20(18,19)12-15-10-6-9-14-8-4-5-11-16(14)15/h4-6,8-11,13H,3,7,12H2,1-2H3,(H2,17,18,19). The highest BCUT2D eigenvalue weighted by molar-refractivity contribution is 7.55. The number of rotatable bonds is 6. The smallest absolute Gasteiger partial charge is 0.271 e. The second-order valence-corrected chi connectivity index (χ2v) is 7.29. The fourth-order valence-electron chi connectivity index (χ4n) is 2.55. The lowest BCUT2D eigenvalue weighted by Crippen LogP contribution is -2.23. The molecule has 0 heterocycles. The van der Waals surface area contributed by atoms with Gasteiger partial charge in [0.05, 0.1) is 6.16 Å². The van der Waals surface area contributed by atoms with Crippen LogP contribution in [-0.4, -0.2) is 10.9 Å². The molecule has 0 spiro atoms. The summed E-state index contributed by atoms with van der Waals surface area (Å²) in [6.07, 6.45) is 2.07. The van der Waals surface area contributed by atoms with Gasteiger partial charge in [-0.25, -0.2) is 5.09 Å². The lowest BCUT2D eigenvalue weighted by atomic mass is 10.1. The van der Waals surface area contributed by atoms with Crippen molar-refractivity contribution in [1.82, 2.24) is 5.09 Å². The molecule has 0 amide bonds. The Hall–Kier alpha value is -1.15. The van der Waals surface area contributed by atoms with Crippen molar-refractivity contribution in [3.63, 3.8) is 0 Å². The lowest BCUT2D eigenvalue weighted by Gasteiger charge is -2.19. The summed E-state index contributed by atoms with van der Waals surface area (Å²) in [5.41, 5.74) is 0.921. The van der Waals surface area contributed by atoms with E-state index < -0.39 is 7.52 Å². The van der Waals surface area contributed by atoms with Crippen molar-refractivity contribution in [1.29, 1.82) is 0 Å². The monoisotopic (exact) mass is 291 g/mol. The average molecular weight is 291 g/mol. The van der Waals surface area contributed by atoms with Crippen molar-refractivity contribution < 1.29 is 9.46 Å². The number of fused-ring (bicyclic) bond motifs is 1. The van der Waals surface area contributed by atoms with Crippen molar-refractivity contribution in [3.05, 3.63) is 48.0 Å². The molecule has 20 heavy (non-hydrogen) atoms. The number of hydrogen-bond donors (Lipinski definition) is 2. The molecule has 2 atom stereocenters. The molecule has 0 aliphatic heterocycles. The van der Waals surface area contributed by atoms with Crippen molar-refractivity contribution >= 4 is 18.3 Å². The summed E-state index contributed by atoms with van der Waals surface area (Å²) in [5.74, 6) is 0. The van der Waals surface area contributed by atoms with Gasteiger partial charge in [0.2, 0.25) is 0 Å². The van der Waals surface area contributed by atoms with Crippen LogP contribution in [0.1, 0.15) is 32.3 Å². The highest BCUT2D eigenvalue weighted by Gasteiger charge is 2.21. The molecule has 0 bridgehead atoms. The van der Waals surface area contributed by atoms with E-state index in [0.717, 1.165) is 29.2 Å².